The number of rotatable bonds is 5. The fourth-order valence-corrected chi connectivity index (χ4v) is 2.97. The van der Waals surface area contributed by atoms with Crippen LogP contribution in [0.15, 0.2) is 0 Å². The highest BCUT2D eigenvalue weighted by Crippen LogP contribution is 2.32. The minimum absolute atomic E-state index is 0.124. The number of methoxy groups -OCH3 is 3. The number of ether oxygens (including phenoxy) is 4. The Labute approximate surface area is 127 Å². The SMILES string of the molecule is COC1OC(C(N)=O)C(OC)C(OC)C1N1C(=O)CCC1=O. The van der Waals surface area contributed by atoms with E-state index in [1.165, 1.54) is 21.3 Å². The summed E-state index contributed by atoms with van der Waals surface area (Å²) >= 11 is 0. The third-order valence-electron chi connectivity index (χ3n) is 3.96. The smallest absolute Gasteiger partial charge is 0.249 e. The Morgan fingerprint density at radius 3 is 2.05 bits per heavy atom. The second-order valence-electron chi connectivity index (χ2n) is 5.11. The number of hydrogen-bond acceptors (Lipinski definition) is 7. The summed E-state index contributed by atoms with van der Waals surface area (Å²) in [6.45, 7) is 0. The van der Waals surface area contributed by atoms with Crippen molar-refractivity contribution >= 4 is 17.7 Å². The van der Waals surface area contributed by atoms with Crippen LogP contribution in [0, 0.1) is 0 Å². The lowest BCUT2D eigenvalue weighted by Crippen LogP contribution is -2.67. The van der Waals surface area contributed by atoms with Crippen LogP contribution in [-0.2, 0) is 33.3 Å². The van der Waals surface area contributed by atoms with Crippen molar-refractivity contribution in [1.29, 1.82) is 0 Å². The molecule has 2 aliphatic rings. The van der Waals surface area contributed by atoms with Crippen LogP contribution in [0.5, 0.6) is 0 Å². The molecule has 2 saturated heterocycles. The zero-order chi connectivity index (χ0) is 16.4. The van der Waals surface area contributed by atoms with Crippen LogP contribution < -0.4 is 5.73 Å². The van der Waals surface area contributed by atoms with Gasteiger partial charge in [0.25, 0.3) is 0 Å². The Morgan fingerprint density at radius 1 is 1.09 bits per heavy atom. The van der Waals surface area contributed by atoms with Gasteiger partial charge in [0.2, 0.25) is 17.7 Å². The van der Waals surface area contributed by atoms with Crippen molar-refractivity contribution in [3.63, 3.8) is 0 Å². The number of amides is 3. The molecular weight excluding hydrogens is 296 g/mol. The Balaban J connectivity index is 2.39. The molecule has 2 rings (SSSR count). The van der Waals surface area contributed by atoms with Crippen molar-refractivity contribution < 1.29 is 33.3 Å². The zero-order valence-electron chi connectivity index (χ0n) is 12.7. The van der Waals surface area contributed by atoms with E-state index in [1.807, 2.05) is 0 Å². The molecule has 2 N–H and O–H groups in total. The monoisotopic (exact) mass is 316 g/mol. The van der Waals surface area contributed by atoms with Crippen molar-refractivity contribution in [3.05, 3.63) is 0 Å². The molecule has 0 aromatic heterocycles. The van der Waals surface area contributed by atoms with E-state index in [0.29, 0.717) is 0 Å². The maximum absolute atomic E-state index is 12.0. The van der Waals surface area contributed by atoms with Crippen LogP contribution in [0.2, 0.25) is 0 Å². The fraction of sp³-hybridized carbons (Fsp3) is 0.769. The van der Waals surface area contributed by atoms with Gasteiger partial charge in [0, 0.05) is 34.2 Å². The summed E-state index contributed by atoms with van der Waals surface area (Å²) < 4.78 is 21.4. The summed E-state index contributed by atoms with van der Waals surface area (Å²) in [6.07, 6.45) is -3.55. The number of primary amides is 1. The van der Waals surface area contributed by atoms with Crippen LogP contribution in [0.3, 0.4) is 0 Å². The molecule has 5 unspecified atom stereocenters. The van der Waals surface area contributed by atoms with Gasteiger partial charge in [-0.1, -0.05) is 0 Å². The second-order valence-corrected chi connectivity index (χ2v) is 5.11. The first kappa shape index (κ1) is 16.8. The lowest BCUT2D eigenvalue weighted by molar-refractivity contribution is -0.272. The summed E-state index contributed by atoms with van der Waals surface area (Å²) in [5.74, 6) is -1.42. The first-order chi connectivity index (χ1) is 10.5. The van der Waals surface area contributed by atoms with E-state index in [2.05, 4.69) is 0 Å². The van der Waals surface area contributed by atoms with Crippen LogP contribution in [0.4, 0.5) is 0 Å². The van der Waals surface area contributed by atoms with Gasteiger partial charge < -0.3 is 24.7 Å². The number of nitrogens with zero attached hydrogens (tertiary/aromatic N) is 1. The van der Waals surface area contributed by atoms with Crippen molar-refractivity contribution in [2.45, 2.75) is 43.5 Å². The number of nitrogens with two attached hydrogens (primary N) is 1. The molecule has 9 heteroatoms. The lowest BCUT2D eigenvalue weighted by Gasteiger charge is -2.46. The zero-order valence-corrected chi connectivity index (χ0v) is 12.7. The number of hydrogen-bond donors (Lipinski definition) is 1. The molecule has 3 amide bonds. The Kier molecular flexibility index (Phi) is 5.12. The number of imide groups is 1. The van der Waals surface area contributed by atoms with Crippen LogP contribution >= 0.6 is 0 Å². The number of carbonyl (C=O) groups is 3. The molecule has 0 radical (unpaired) electrons. The topological polar surface area (TPSA) is 117 Å². The highest BCUT2D eigenvalue weighted by Gasteiger charge is 2.54. The standard InChI is InChI=1S/C13H20N2O7/c1-19-9-8(15-6(16)4-5-7(15)17)13(21-3)22-11(12(14)18)10(9)20-2/h8-11,13H,4-5H2,1-3H3,(H2,14,18). The van der Waals surface area contributed by atoms with E-state index in [4.69, 9.17) is 24.7 Å². The normalized spacial score (nSPS) is 36.0. The van der Waals surface area contributed by atoms with Gasteiger partial charge in [-0.25, -0.2) is 0 Å². The van der Waals surface area contributed by atoms with Gasteiger partial charge in [-0.3, -0.25) is 19.3 Å². The third-order valence-corrected chi connectivity index (χ3v) is 3.96. The van der Waals surface area contributed by atoms with Gasteiger partial charge in [-0.2, -0.15) is 0 Å². The lowest BCUT2D eigenvalue weighted by atomic mass is 9.94. The minimum atomic E-state index is -1.11. The first-order valence-electron chi connectivity index (χ1n) is 6.84. The molecule has 124 valence electrons. The van der Waals surface area contributed by atoms with E-state index < -0.39 is 36.6 Å². The van der Waals surface area contributed by atoms with Crippen LogP contribution in [-0.4, -0.2) is 74.6 Å². The molecule has 9 nitrogen and oxygen atoms in total. The van der Waals surface area contributed by atoms with E-state index in [9.17, 15) is 14.4 Å². The van der Waals surface area contributed by atoms with E-state index in [-0.39, 0.29) is 24.7 Å². The molecule has 0 bridgehead atoms. The van der Waals surface area contributed by atoms with Gasteiger partial charge in [0.1, 0.15) is 18.2 Å². The maximum Gasteiger partial charge on any atom is 0.249 e. The minimum Gasteiger partial charge on any atom is -0.376 e. The van der Waals surface area contributed by atoms with Crippen LogP contribution in [0.1, 0.15) is 12.8 Å². The first-order valence-corrected chi connectivity index (χ1v) is 6.84. The average molecular weight is 316 g/mol. The molecule has 0 aromatic carbocycles. The molecule has 0 aromatic rings. The van der Waals surface area contributed by atoms with Crippen molar-refractivity contribution in [3.8, 4) is 0 Å². The molecule has 5 atom stereocenters. The Bertz CT molecular complexity index is 453. The van der Waals surface area contributed by atoms with Gasteiger partial charge in [0.15, 0.2) is 12.4 Å². The van der Waals surface area contributed by atoms with E-state index >= 15 is 0 Å². The molecule has 2 aliphatic heterocycles. The molecule has 0 aliphatic carbocycles. The summed E-state index contributed by atoms with van der Waals surface area (Å²) in [4.78, 5) is 36.7. The third kappa shape index (κ3) is 2.72. The summed E-state index contributed by atoms with van der Waals surface area (Å²) in [5, 5.41) is 0. The van der Waals surface area contributed by atoms with Crippen LogP contribution in [0.25, 0.3) is 0 Å². The number of carbonyl (C=O) groups excluding carboxylic acids is 3. The second kappa shape index (κ2) is 6.69. The van der Waals surface area contributed by atoms with Gasteiger partial charge in [-0.05, 0) is 0 Å². The van der Waals surface area contributed by atoms with Crippen molar-refractivity contribution in [1.82, 2.24) is 4.90 Å². The van der Waals surface area contributed by atoms with Gasteiger partial charge in [0.05, 0.1) is 0 Å². The predicted molar refractivity (Wildman–Crippen MR) is 71.3 cm³/mol. The molecular formula is C13H20N2O7. The highest BCUT2D eigenvalue weighted by atomic mass is 16.7. The van der Waals surface area contributed by atoms with Crippen molar-refractivity contribution in [2.24, 2.45) is 5.73 Å². The number of likely N-dealkylation sites (tertiary alicyclic amines) is 1. The largest absolute Gasteiger partial charge is 0.376 e. The molecule has 0 saturated carbocycles. The summed E-state index contributed by atoms with van der Waals surface area (Å²) in [7, 11) is 4.11. The van der Waals surface area contributed by atoms with Crippen molar-refractivity contribution in [2.75, 3.05) is 21.3 Å². The molecule has 22 heavy (non-hydrogen) atoms. The highest BCUT2D eigenvalue weighted by molar-refractivity contribution is 6.02. The van der Waals surface area contributed by atoms with E-state index in [0.717, 1.165) is 4.90 Å². The van der Waals surface area contributed by atoms with E-state index in [1.54, 1.807) is 0 Å². The molecule has 2 heterocycles. The summed E-state index contributed by atoms with van der Waals surface area (Å²) in [5.41, 5.74) is 5.32. The maximum atomic E-state index is 12.0. The van der Waals surface area contributed by atoms with Gasteiger partial charge in [-0.15, -0.1) is 0 Å². The quantitative estimate of drug-likeness (QED) is 0.606. The summed E-state index contributed by atoms with van der Waals surface area (Å²) in [6, 6.07) is -0.849. The Hall–Kier alpha value is -1.55. The van der Waals surface area contributed by atoms with Gasteiger partial charge >= 0.3 is 0 Å². The fourth-order valence-electron chi connectivity index (χ4n) is 2.97. The molecule has 0 spiro atoms. The molecule has 2 fully saturated rings. The average Bonchev–Trinajstić information content (AvgIpc) is 2.83. The Morgan fingerprint density at radius 2 is 1.64 bits per heavy atom. The predicted octanol–water partition coefficient (Wildman–Crippen LogP) is -1.61.